The second-order valence-corrected chi connectivity index (χ2v) is 4.13. The van der Waals surface area contributed by atoms with Gasteiger partial charge in [0.25, 0.3) is 5.82 Å². The smallest absolute Gasteiger partial charge is 0.283 e. The van der Waals surface area contributed by atoms with Crippen molar-refractivity contribution in [1.82, 2.24) is 4.57 Å². The summed E-state index contributed by atoms with van der Waals surface area (Å²) in [5.74, 6) is 0.933. The average Bonchev–Trinajstić information content (AvgIpc) is 2.60. The number of imidazole rings is 1. The highest BCUT2D eigenvalue weighted by Gasteiger charge is 2.22. The summed E-state index contributed by atoms with van der Waals surface area (Å²) in [5.41, 5.74) is 2.21. The Bertz CT molecular complexity index is 519. The maximum Gasteiger partial charge on any atom is 0.283 e. The summed E-state index contributed by atoms with van der Waals surface area (Å²) in [6.45, 7) is 5.88. The van der Waals surface area contributed by atoms with Crippen LogP contribution in [0.2, 0.25) is 5.02 Å². The number of benzene rings is 1. The van der Waals surface area contributed by atoms with Crippen molar-refractivity contribution < 1.29 is 9.67 Å². The van der Waals surface area contributed by atoms with Crippen LogP contribution in [0.25, 0.3) is 11.0 Å². The number of aromatic nitrogens is 2. The summed E-state index contributed by atoms with van der Waals surface area (Å²) >= 11 is 6.01. The number of rotatable bonds is 3. The Morgan fingerprint density at radius 3 is 2.69 bits per heavy atom. The molecular formula is C12H16ClN2O+. The van der Waals surface area contributed by atoms with E-state index in [1.165, 1.54) is 0 Å². The van der Waals surface area contributed by atoms with Gasteiger partial charge in [-0.25, -0.2) is 9.13 Å². The molecule has 0 aliphatic heterocycles. The lowest BCUT2D eigenvalue weighted by Gasteiger charge is -1.97. The summed E-state index contributed by atoms with van der Waals surface area (Å²) in [6.07, 6.45) is 0. The molecule has 0 saturated carbocycles. The molecule has 1 N–H and O–H groups in total. The van der Waals surface area contributed by atoms with E-state index in [2.05, 4.69) is 23.0 Å². The molecule has 0 amide bonds. The maximum atomic E-state index is 9.46. The number of hydrogen-bond acceptors (Lipinski definition) is 1. The number of aryl methyl sites for hydroxylation is 2. The zero-order valence-corrected chi connectivity index (χ0v) is 10.3. The van der Waals surface area contributed by atoms with Gasteiger partial charge in [0.2, 0.25) is 0 Å². The summed E-state index contributed by atoms with van der Waals surface area (Å²) in [7, 11) is 0. The SMILES string of the molecule is CCn1c(CO)[n+](CC)c2ccc(Cl)cc21. The minimum Gasteiger partial charge on any atom is -0.384 e. The van der Waals surface area contributed by atoms with E-state index in [-0.39, 0.29) is 6.61 Å². The van der Waals surface area contributed by atoms with Gasteiger partial charge in [0.15, 0.2) is 11.0 Å². The number of aliphatic hydroxyl groups excluding tert-OH is 1. The Morgan fingerprint density at radius 1 is 1.38 bits per heavy atom. The normalized spacial score (nSPS) is 11.2. The first-order chi connectivity index (χ1) is 7.72. The molecule has 0 aliphatic carbocycles. The summed E-state index contributed by atoms with van der Waals surface area (Å²) < 4.78 is 4.22. The van der Waals surface area contributed by atoms with Crippen molar-refractivity contribution in [1.29, 1.82) is 0 Å². The van der Waals surface area contributed by atoms with Gasteiger partial charge in [0.05, 0.1) is 13.1 Å². The Labute approximate surface area is 99.9 Å². The van der Waals surface area contributed by atoms with Crippen LogP contribution in [-0.2, 0) is 19.7 Å². The van der Waals surface area contributed by atoms with Crippen LogP contribution in [0, 0.1) is 0 Å². The van der Waals surface area contributed by atoms with Gasteiger partial charge in [-0.1, -0.05) is 11.6 Å². The van der Waals surface area contributed by atoms with Crippen LogP contribution in [0.15, 0.2) is 18.2 Å². The molecule has 1 heterocycles. The third-order valence-electron chi connectivity index (χ3n) is 2.92. The van der Waals surface area contributed by atoms with Crippen LogP contribution in [0.5, 0.6) is 0 Å². The summed E-state index contributed by atoms with van der Waals surface area (Å²) in [4.78, 5) is 0. The monoisotopic (exact) mass is 239 g/mol. The lowest BCUT2D eigenvalue weighted by atomic mass is 10.3. The molecule has 0 radical (unpaired) electrons. The van der Waals surface area contributed by atoms with Crippen LogP contribution < -0.4 is 4.57 Å². The minimum absolute atomic E-state index is 0.0496. The van der Waals surface area contributed by atoms with Crippen molar-refractivity contribution in [3.8, 4) is 0 Å². The standard InChI is InChI=1S/C12H16ClN2O/c1-3-14-10-6-5-9(13)7-11(10)15(4-2)12(14)8-16/h5-7,16H,3-4,8H2,1-2H3/q+1. The molecule has 0 fully saturated rings. The van der Waals surface area contributed by atoms with E-state index in [1.54, 1.807) is 0 Å². The van der Waals surface area contributed by atoms with Crippen LogP contribution in [-0.4, -0.2) is 9.67 Å². The van der Waals surface area contributed by atoms with Gasteiger partial charge in [0, 0.05) is 11.1 Å². The lowest BCUT2D eigenvalue weighted by molar-refractivity contribution is -0.678. The molecule has 86 valence electrons. The van der Waals surface area contributed by atoms with Gasteiger partial charge >= 0.3 is 0 Å². The number of fused-ring (bicyclic) bond motifs is 1. The first-order valence-electron chi connectivity index (χ1n) is 5.54. The van der Waals surface area contributed by atoms with E-state index in [4.69, 9.17) is 11.6 Å². The van der Waals surface area contributed by atoms with Crippen molar-refractivity contribution in [3.63, 3.8) is 0 Å². The van der Waals surface area contributed by atoms with Crippen molar-refractivity contribution >= 4 is 22.6 Å². The number of nitrogens with zero attached hydrogens (tertiary/aromatic N) is 2. The highest BCUT2D eigenvalue weighted by molar-refractivity contribution is 6.31. The molecule has 2 rings (SSSR count). The molecule has 0 atom stereocenters. The Balaban J connectivity index is 2.84. The number of hydrogen-bond donors (Lipinski definition) is 1. The molecule has 0 aliphatic rings. The zero-order valence-electron chi connectivity index (χ0n) is 9.57. The minimum atomic E-state index is 0.0496. The van der Waals surface area contributed by atoms with Gasteiger partial charge in [-0.3, -0.25) is 0 Å². The fourth-order valence-corrected chi connectivity index (χ4v) is 2.41. The maximum absolute atomic E-state index is 9.46. The molecule has 4 heteroatoms. The van der Waals surface area contributed by atoms with Gasteiger partial charge in [-0.05, 0) is 26.0 Å². The van der Waals surface area contributed by atoms with E-state index < -0.39 is 0 Å². The largest absolute Gasteiger partial charge is 0.384 e. The predicted molar refractivity (Wildman–Crippen MR) is 64.4 cm³/mol. The highest BCUT2D eigenvalue weighted by atomic mass is 35.5. The van der Waals surface area contributed by atoms with E-state index in [0.29, 0.717) is 0 Å². The topological polar surface area (TPSA) is 29.0 Å². The van der Waals surface area contributed by atoms with Crippen molar-refractivity contribution in [3.05, 3.63) is 29.0 Å². The number of halogens is 1. The molecule has 1 aromatic carbocycles. The third-order valence-corrected chi connectivity index (χ3v) is 3.15. The van der Waals surface area contributed by atoms with Gasteiger partial charge in [0.1, 0.15) is 6.61 Å². The molecule has 0 saturated heterocycles. The first kappa shape index (κ1) is 11.4. The van der Waals surface area contributed by atoms with Crippen molar-refractivity contribution in [2.45, 2.75) is 33.5 Å². The molecule has 16 heavy (non-hydrogen) atoms. The Kier molecular flexibility index (Phi) is 3.17. The number of aliphatic hydroxyl groups is 1. The lowest BCUT2D eigenvalue weighted by Crippen LogP contribution is -2.36. The molecule has 2 aromatic rings. The first-order valence-corrected chi connectivity index (χ1v) is 5.92. The molecule has 1 aromatic heterocycles. The van der Waals surface area contributed by atoms with Gasteiger partial charge in [-0.2, -0.15) is 0 Å². The van der Waals surface area contributed by atoms with E-state index in [9.17, 15) is 5.11 Å². The molecule has 3 nitrogen and oxygen atoms in total. The fraction of sp³-hybridized carbons (Fsp3) is 0.417. The van der Waals surface area contributed by atoms with E-state index >= 15 is 0 Å². The van der Waals surface area contributed by atoms with Crippen LogP contribution in [0.4, 0.5) is 0 Å². The average molecular weight is 240 g/mol. The summed E-state index contributed by atoms with van der Waals surface area (Å²) in [5, 5.41) is 10.2. The van der Waals surface area contributed by atoms with E-state index in [0.717, 1.165) is 35.0 Å². The molecule has 0 unspecified atom stereocenters. The molecule has 0 spiro atoms. The Morgan fingerprint density at radius 2 is 2.12 bits per heavy atom. The van der Waals surface area contributed by atoms with Crippen molar-refractivity contribution in [2.24, 2.45) is 0 Å². The van der Waals surface area contributed by atoms with Gasteiger partial charge in [-0.15, -0.1) is 0 Å². The highest BCUT2D eigenvalue weighted by Crippen LogP contribution is 2.19. The van der Waals surface area contributed by atoms with Crippen molar-refractivity contribution in [2.75, 3.05) is 0 Å². The summed E-state index contributed by atoms with van der Waals surface area (Å²) in [6, 6.07) is 5.84. The molecular weight excluding hydrogens is 224 g/mol. The third kappa shape index (κ3) is 1.60. The fourth-order valence-electron chi connectivity index (χ4n) is 2.24. The Hall–Kier alpha value is -1.06. The second-order valence-electron chi connectivity index (χ2n) is 3.70. The van der Waals surface area contributed by atoms with E-state index in [1.807, 2.05) is 18.2 Å². The molecule has 0 bridgehead atoms. The van der Waals surface area contributed by atoms with Crippen LogP contribution >= 0.6 is 11.6 Å². The second kappa shape index (κ2) is 4.44. The van der Waals surface area contributed by atoms with Gasteiger partial charge < -0.3 is 5.11 Å². The van der Waals surface area contributed by atoms with Crippen LogP contribution in [0.1, 0.15) is 19.7 Å². The zero-order chi connectivity index (χ0) is 11.7. The predicted octanol–water partition coefficient (Wildman–Crippen LogP) is 2.11. The quantitative estimate of drug-likeness (QED) is 0.817. The van der Waals surface area contributed by atoms with Crippen LogP contribution in [0.3, 0.4) is 0 Å².